The quantitative estimate of drug-likeness (QED) is 0.594. The summed E-state index contributed by atoms with van der Waals surface area (Å²) < 4.78 is 0. The first-order valence-corrected chi connectivity index (χ1v) is 9.97. The van der Waals surface area contributed by atoms with Gasteiger partial charge in [-0.05, 0) is 67.6 Å². The minimum Gasteiger partial charge on any atom is -0.299 e. The van der Waals surface area contributed by atoms with Crippen LogP contribution >= 0.6 is 0 Å². The molecule has 3 aliphatic carbocycles. The number of fused-ring (bicyclic) bond motifs is 1. The average Bonchev–Trinajstić information content (AvgIpc) is 3.03. The van der Waals surface area contributed by atoms with E-state index in [-0.39, 0.29) is 0 Å². The monoisotopic (exact) mass is 304 g/mol. The predicted octanol–water partition coefficient (Wildman–Crippen LogP) is 6.16. The van der Waals surface area contributed by atoms with Crippen LogP contribution in [0.3, 0.4) is 0 Å². The van der Waals surface area contributed by atoms with E-state index in [9.17, 15) is 4.79 Å². The van der Waals surface area contributed by atoms with Crippen molar-refractivity contribution >= 4 is 5.78 Å². The van der Waals surface area contributed by atoms with Crippen molar-refractivity contribution in [2.24, 2.45) is 28.6 Å². The molecule has 22 heavy (non-hydrogen) atoms. The van der Waals surface area contributed by atoms with Crippen LogP contribution in [0.15, 0.2) is 0 Å². The van der Waals surface area contributed by atoms with Crippen molar-refractivity contribution in [3.8, 4) is 0 Å². The maximum atomic E-state index is 12.3. The van der Waals surface area contributed by atoms with Crippen molar-refractivity contribution in [3.63, 3.8) is 0 Å². The first kappa shape index (κ1) is 16.5. The highest BCUT2D eigenvalue weighted by Crippen LogP contribution is 2.57. The first-order valence-electron chi connectivity index (χ1n) is 9.97. The van der Waals surface area contributed by atoms with Crippen LogP contribution in [-0.4, -0.2) is 5.78 Å². The van der Waals surface area contributed by atoms with Gasteiger partial charge in [0.25, 0.3) is 0 Å². The van der Waals surface area contributed by atoms with Gasteiger partial charge in [0.15, 0.2) is 0 Å². The summed E-state index contributed by atoms with van der Waals surface area (Å²) in [5, 5.41) is 0. The molecule has 0 spiro atoms. The molecule has 0 aromatic carbocycles. The van der Waals surface area contributed by atoms with E-state index >= 15 is 0 Å². The number of carbonyl (C=O) groups excluding carboxylic acids is 1. The van der Waals surface area contributed by atoms with Crippen molar-refractivity contribution in [2.45, 2.75) is 97.8 Å². The second kappa shape index (κ2) is 6.29. The molecule has 0 N–H and O–H groups in total. The molecule has 0 bridgehead atoms. The lowest BCUT2D eigenvalue weighted by Gasteiger charge is -2.42. The van der Waals surface area contributed by atoms with E-state index in [2.05, 4.69) is 20.8 Å². The molecule has 3 aliphatic rings. The minimum atomic E-state index is 0.339. The fourth-order valence-corrected chi connectivity index (χ4v) is 6.44. The molecule has 1 nitrogen and oxygen atoms in total. The maximum Gasteiger partial charge on any atom is 0.136 e. The number of ketones is 1. The summed E-state index contributed by atoms with van der Waals surface area (Å²) in [6, 6.07) is 0. The van der Waals surface area contributed by atoms with Gasteiger partial charge in [-0.3, -0.25) is 4.79 Å². The molecule has 3 fully saturated rings. The number of Topliss-reactive ketones (excluding diaryl/α,β-unsaturated/α-hetero) is 1. The van der Waals surface area contributed by atoms with Gasteiger partial charge in [0.1, 0.15) is 5.78 Å². The second-order valence-electron chi connectivity index (χ2n) is 9.45. The Morgan fingerprint density at radius 3 is 2.55 bits per heavy atom. The smallest absolute Gasteiger partial charge is 0.136 e. The van der Waals surface area contributed by atoms with Crippen LogP contribution in [0.25, 0.3) is 0 Å². The molecule has 0 heterocycles. The third kappa shape index (κ3) is 3.02. The zero-order valence-electron chi connectivity index (χ0n) is 15.1. The van der Waals surface area contributed by atoms with Crippen LogP contribution in [0, 0.1) is 28.6 Å². The fraction of sp³-hybridized carbons (Fsp3) is 0.952. The molecule has 3 rings (SSSR count). The Labute approximate surface area is 137 Å². The highest BCUT2D eigenvalue weighted by atomic mass is 16.1. The summed E-state index contributed by atoms with van der Waals surface area (Å²) in [6.07, 6.45) is 15.9. The summed E-state index contributed by atoms with van der Waals surface area (Å²) in [6.45, 7) is 7.44. The predicted molar refractivity (Wildman–Crippen MR) is 92.8 cm³/mol. The van der Waals surface area contributed by atoms with Gasteiger partial charge >= 0.3 is 0 Å². The van der Waals surface area contributed by atoms with Crippen LogP contribution in [0.1, 0.15) is 97.8 Å². The SMILES string of the molecule is C[C@@H](CCCC1(C)CCCC1)[C@H]1CC[C@H]2C(=O)CCC[C@]12C. The van der Waals surface area contributed by atoms with Gasteiger partial charge in [0.2, 0.25) is 0 Å². The Bertz CT molecular complexity index is 406. The molecular weight excluding hydrogens is 268 g/mol. The Kier molecular flexibility index (Phi) is 4.72. The highest BCUT2D eigenvalue weighted by Gasteiger charge is 2.52. The van der Waals surface area contributed by atoms with Crippen LogP contribution < -0.4 is 0 Å². The topological polar surface area (TPSA) is 17.1 Å². The number of carbonyl (C=O) groups is 1. The van der Waals surface area contributed by atoms with Crippen molar-refractivity contribution < 1.29 is 4.79 Å². The maximum absolute atomic E-state index is 12.3. The van der Waals surface area contributed by atoms with Crippen molar-refractivity contribution in [1.82, 2.24) is 0 Å². The number of rotatable bonds is 5. The molecule has 0 radical (unpaired) electrons. The molecule has 0 amide bonds. The van der Waals surface area contributed by atoms with Crippen molar-refractivity contribution in [3.05, 3.63) is 0 Å². The van der Waals surface area contributed by atoms with Gasteiger partial charge in [-0.25, -0.2) is 0 Å². The first-order chi connectivity index (χ1) is 10.4. The fourth-order valence-electron chi connectivity index (χ4n) is 6.44. The molecule has 0 aromatic rings. The van der Waals surface area contributed by atoms with Crippen molar-refractivity contribution in [2.75, 3.05) is 0 Å². The Balaban J connectivity index is 1.54. The van der Waals surface area contributed by atoms with E-state index in [1.54, 1.807) is 0 Å². The Morgan fingerprint density at radius 2 is 1.82 bits per heavy atom. The summed E-state index contributed by atoms with van der Waals surface area (Å²) >= 11 is 0. The molecule has 0 aliphatic heterocycles. The van der Waals surface area contributed by atoms with Gasteiger partial charge in [-0.15, -0.1) is 0 Å². The Hall–Kier alpha value is -0.330. The van der Waals surface area contributed by atoms with Crippen LogP contribution in [0.2, 0.25) is 0 Å². The molecular formula is C21H36O. The number of hydrogen-bond acceptors (Lipinski definition) is 1. The molecule has 0 saturated heterocycles. The lowest BCUT2D eigenvalue weighted by Crippen LogP contribution is -2.39. The summed E-state index contributed by atoms with van der Waals surface area (Å²) in [4.78, 5) is 12.3. The lowest BCUT2D eigenvalue weighted by atomic mass is 9.62. The van der Waals surface area contributed by atoms with Gasteiger partial charge < -0.3 is 0 Å². The third-order valence-electron chi connectivity index (χ3n) is 7.87. The van der Waals surface area contributed by atoms with E-state index in [1.807, 2.05) is 0 Å². The van der Waals surface area contributed by atoms with E-state index < -0.39 is 0 Å². The van der Waals surface area contributed by atoms with E-state index in [0.717, 1.165) is 24.7 Å². The zero-order valence-corrected chi connectivity index (χ0v) is 15.1. The minimum absolute atomic E-state index is 0.339. The van der Waals surface area contributed by atoms with Gasteiger partial charge in [0.05, 0.1) is 0 Å². The molecule has 126 valence electrons. The highest BCUT2D eigenvalue weighted by molar-refractivity contribution is 5.83. The van der Waals surface area contributed by atoms with Crippen LogP contribution in [0.4, 0.5) is 0 Å². The van der Waals surface area contributed by atoms with Gasteiger partial charge in [-0.1, -0.05) is 46.5 Å². The largest absolute Gasteiger partial charge is 0.299 e. The second-order valence-corrected chi connectivity index (χ2v) is 9.45. The summed E-state index contributed by atoms with van der Waals surface area (Å²) in [7, 11) is 0. The van der Waals surface area contributed by atoms with Gasteiger partial charge in [0, 0.05) is 12.3 Å². The lowest BCUT2D eigenvalue weighted by molar-refractivity contribution is -0.130. The van der Waals surface area contributed by atoms with E-state index in [1.165, 1.54) is 64.2 Å². The average molecular weight is 305 g/mol. The zero-order chi connectivity index (χ0) is 15.8. The van der Waals surface area contributed by atoms with Gasteiger partial charge in [-0.2, -0.15) is 0 Å². The molecule has 4 atom stereocenters. The summed E-state index contributed by atoms with van der Waals surface area (Å²) in [5.74, 6) is 2.60. The third-order valence-corrected chi connectivity index (χ3v) is 7.87. The Morgan fingerprint density at radius 1 is 1.09 bits per heavy atom. The van der Waals surface area contributed by atoms with E-state index in [0.29, 0.717) is 22.5 Å². The van der Waals surface area contributed by atoms with E-state index in [4.69, 9.17) is 0 Å². The van der Waals surface area contributed by atoms with Crippen LogP contribution in [-0.2, 0) is 4.79 Å². The standard InChI is InChI=1S/C21H36O/c1-16(8-6-14-20(2)12-4-5-13-20)17-10-11-18-19(22)9-7-15-21(17,18)3/h16-18H,4-15H2,1-3H3/t16-,17+,18-,21+/m0/s1. The van der Waals surface area contributed by atoms with Crippen molar-refractivity contribution in [1.29, 1.82) is 0 Å². The summed E-state index contributed by atoms with van der Waals surface area (Å²) in [5.41, 5.74) is 0.995. The normalized spacial score (nSPS) is 39.0. The molecule has 0 aromatic heterocycles. The molecule has 3 saturated carbocycles. The number of hydrogen-bond donors (Lipinski definition) is 0. The van der Waals surface area contributed by atoms with Crippen LogP contribution in [0.5, 0.6) is 0 Å². The molecule has 1 heteroatoms. The molecule has 0 unspecified atom stereocenters.